The van der Waals surface area contributed by atoms with E-state index in [9.17, 15) is 9.59 Å². The average Bonchev–Trinajstić information content (AvgIpc) is 2.99. The topological polar surface area (TPSA) is 46.6 Å². The van der Waals surface area contributed by atoms with Gasteiger partial charge in [0.05, 0.1) is 34.7 Å². The summed E-state index contributed by atoms with van der Waals surface area (Å²) in [5, 5.41) is -0.230. The molecular weight excluding hydrogens is 467 g/mol. The van der Waals surface area contributed by atoms with Gasteiger partial charge < -0.3 is 4.74 Å². The molecule has 4 nitrogen and oxygen atoms in total. The minimum absolute atomic E-state index is 0.115. The maximum atomic E-state index is 13.2. The molecule has 2 aliphatic carbocycles. The van der Waals surface area contributed by atoms with E-state index >= 15 is 0 Å². The molecule has 26 heavy (non-hydrogen) atoms. The smallest absolute Gasteiger partial charge is 0.240 e. The number of carbonyl (C=O) groups excluding carboxylic acids is 2. The molecule has 3 aliphatic rings. The fourth-order valence-corrected chi connectivity index (χ4v) is 6.93. The summed E-state index contributed by atoms with van der Waals surface area (Å²) in [5.74, 6) is -3.02. The third-order valence-corrected chi connectivity index (χ3v) is 9.48. The summed E-state index contributed by atoms with van der Waals surface area (Å²) in [4.78, 5) is 23.7. The summed E-state index contributed by atoms with van der Waals surface area (Å²) in [5.41, 5.74) is 0.315. The van der Waals surface area contributed by atoms with Gasteiger partial charge in [-0.1, -0.05) is 52.5 Å². The van der Waals surface area contributed by atoms with E-state index in [2.05, 4.69) is 0 Å². The molecule has 138 valence electrons. The van der Waals surface area contributed by atoms with Crippen LogP contribution in [-0.4, -0.2) is 33.0 Å². The van der Waals surface area contributed by atoms with E-state index in [0.717, 1.165) is 4.90 Å². The monoisotopic (exact) mass is 473 g/mol. The molecule has 0 aromatic heterocycles. The molecule has 1 aromatic carbocycles. The summed E-state index contributed by atoms with van der Waals surface area (Å²) in [6, 6.07) is 6.47. The molecule has 2 fully saturated rings. The number of hydrogen-bond donors (Lipinski definition) is 0. The van der Waals surface area contributed by atoms with Gasteiger partial charge in [0.1, 0.15) is 15.5 Å². The number of nitrogens with zero attached hydrogens (tertiary/aromatic N) is 1. The molecule has 4 atom stereocenters. The van der Waals surface area contributed by atoms with Crippen LogP contribution in [-0.2, 0) is 9.59 Å². The van der Waals surface area contributed by atoms with Gasteiger partial charge in [-0.25, -0.2) is 4.90 Å². The van der Waals surface area contributed by atoms with Crippen molar-refractivity contribution in [2.24, 2.45) is 11.8 Å². The van der Waals surface area contributed by atoms with E-state index in [4.69, 9.17) is 74.3 Å². The molecule has 2 amide bonds. The Bertz CT molecular complexity index is 856. The Morgan fingerprint density at radius 3 is 1.92 bits per heavy atom. The number of halogens is 6. The molecule has 2 bridgehead atoms. The van der Waals surface area contributed by atoms with Gasteiger partial charge in [0, 0.05) is 6.07 Å². The van der Waals surface area contributed by atoms with Gasteiger partial charge in [-0.2, -0.15) is 0 Å². The highest BCUT2D eigenvalue weighted by Crippen LogP contribution is 2.77. The first-order chi connectivity index (χ1) is 12.0. The summed E-state index contributed by atoms with van der Waals surface area (Å²) in [6.07, 6.45) is 0. The van der Waals surface area contributed by atoms with Crippen LogP contribution in [0.25, 0.3) is 0 Å². The van der Waals surface area contributed by atoms with Crippen LogP contribution in [0.4, 0.5) is 5.69 Å². The van der Waals surface area contributed by atoms with Crippen LogP contribution in [0.5, 0.6) is 5.75 Å². The molecule has 1 aliphatic heterocycles. The summed E-state index contributed by atoms with van der Waals surface area (Å²) in [6.45, 7) is 0. The van der Waals surface area contributed by atoms with Crippen molar-refractivity contribution in [3.8, 4) is 5.75 Å². The molecule has 1 aromatic rings. The van der Waals surface area contributed by atoms with E-state index in [1.807, 2.05) is 0 Å². The van der Waals surface area contributed by atoms with E-state index in [0.29, 0.717) is 11.4 Å². The molecule has 4 rings (SSSR count). The lowest BCUT2D eigenvalue weighted by Crippen LogP contribution is -2.50. The largest absolute Gasteiger partial charge is 0.497 e. The first kappa shape index (κ1) is 19.0. The number of methoxy groups -OCH3 is 1. The van der Waals surface area contributed by atoms with Crippen LogP contribution < -0.4 is 9.64 Å². The van der Waals surface area contributed by atoms with Gasteiger partial charge in [-0.15, -0.1) is 23.2 Å². The highest BCUT2D eigenvalue weighted by Gasteiger charge is 2.87. The lowest BCUT2D eigenvalue weighted by Gasteiger charge is -2.34. The predicted octanol–water partition coefficient (Wildman–Crippen LogP) is 4.65. The van der Waals surface area contributed by atoms with Crippen LogP contribution in [0.3, 0.4) is 0 Å². The lowest BCUT2D eigenvalue weighted by atomic mass is 9.84. The molecule has 1 saturated carbocycles. The second-order valence-electron chi connectivity index (χ2n) is 6.29. The number of carbonyl (C=O) groups is 2. The molecule has 10 heteroatoms. The molecule has 1 saturated heterocycles. The van der Waals surface area contributed by atoms with Crippen molar-refractivity contribution < 1.29 is 14.3 Å². The zero-order valence-corrected chi connectivity index (χ0v) is 17.4. The van der Waals surface area contributed by atoms with Gasteiger partial charge in [0.2, 0.25) is 11.8 Å². The Morgan fingerprint density at radius 1 is 0.962 bits per heavy atom. The number of allylic oxidation sites excluding steroid dienone is 2. The van der Waals surface area contributed by atoms with Crippen molar-refractivity contribution in [3.05, 3.63) is 34.3 Å². The summed E-state index contributed by atoms with van der Waals surface area (Å²) in [7, 11) is 1.47. The standard InChI is InChI=1S/C16H9Cl6NO3/c1-26-7-4-2-3-6(5-7)23-12(24)8-9(13(23)25)15(20)11(18)10(17)14(8,19)16(15,21)22/h2-5,8-9H,1H3/t8-,9+,14-,15-/m1/s1. The van der Waals surface area contributed by atoms with Crippen molar-refractivity contribution in [2.45, 2.75) is 14.1 Å². The minimum atomic E-state index is -1.93. The molecule has 0 spiro atoms. The Balaban J connectivity index is 1.89. The SMILES string of the molecule is COc1cccc(N2C(=O)[C@@H]3[C@H](C2=O)[C@@]2(Cl)C(Cl)=C(Cl)[C@@]3(Cl)C2(Cl)Cl)c1. The molecule has 0 unspecified atom stereocenters. The molecule has 1 heterocycles. The second-order valence-corrected chi connectivity index (χ2v) is 9.57. The van der Waals surface area contributed by atoms with Gasteiger partial charge in [-0.05, 0) is 12.1 Å². The Morgan fingerprint density at radius 2 is 1.46 bits per heavy atom. The second kappa shape index (κ2) is 5.59. The zero-order valence-electron chi connectivity index (χ0n) is 12.9. The summed E-state index contributed by atoms with van der Waals surface area (Å²) < 4.78 is 3.21. The third-order valence-electron chi connectivity index (χ3n) is 5.22. The lowest BCUT2D eigenvalue weighted by molar-refractivity contribution is -0.123. The first-order valence-corrected chi connectivity index (χ1v) is 9.65. The van der Waals surface area contributed by atoms with Gasteiger partial charge in [-0.3, -0.25) is 9.59 Å². The quantitative estimate of drug-likeness (QED) is 0.462. The van der Waals surface area contributed by atoms with Crippen molar-refractivity contribution in [3.63, 3.8) is 0 Å². The summed E-state index contributed by atoms with van der Waals surface area (Å²) >= 11 is 38.7. The molecule has 0 radical (unpaired) electrons. The number of fused-ring (bicyclic) bond motifs is 5. The van der Waals surface area contributed by atoms with Gasteiger partial charge >= 0.3 is 0 Å². The maximum Gasteiger partial charge on any atom is 0.240 e. The average molecular weight is 476 g/mol. The van der Waals surface area contributed by atoms with Crippen molar-refractivity contribution in [1.29, 1.82) is 0 Å². The van der Waals surface area contributed by atoms with Crippen LogP contribution >= 0.6 is 69.6 Å². The number of rotatable bonds is 2. The van der Waals surface area contributed by atoms with Crippen LogP contribution in [0.2, 0.25) is 0 Å². The Hall–Kier alpha value is -0.360. The zero-order chi connectivity index (χ0) is 19.2. The maximum absolute atomic E-state index is 13.2. The van der Waals surface area contributed by atoms with E-state index in [1.54, 1.807) is 24.3 Å². The number of amides is 2. The number of hydrogen-bond acceptors (Lipinski definition) is 3. The van der Waals surface area contributed by atoms with Crippen LogP contribution in [0.1, 0.15) is 0 Å². The number of imide groups is 1. The predicted molar refractivity (Wildman–Crippen MR) is 103 cm³/mol. The first-order valence-electron chi connectivity index (χ1n) is 7.38. The number of anilines is 1. The fourth-order valence-electron chi connectivity index (χ4n) is 4.00. The Kier molecular flexibility index (Phi) is 4.08. The highest BCUT2D eigenvalue weighted by atomic mass is 35.5. The Labute approximate surface area is 178 Å². The van der Waals surface area contributed by atoms with Crippen LogP contribution in [0, 0.1) is 11.8 Å². The number of alkyl halides is 4. The fraction of sp³-hybridized carbons (Fsp3) is 0.375. The number of benzene rings is 1. The van der Waals surface area contributed by atoms with Crippen molar-refractivity contribution in [2.75, 3.05) is 12.0 Å². The van der Waals surface area contributed by atoms with Crippen molar-refractivity contribution >= 4 is 87.1 Å². The molecular formula is C16H9Cl6NO3. The van der Waals surface area contributed by atoms with Gasteiger partial charge in [0.25, 0.3) is 0 Å². The highest BCUT2D eigenvalue weighted by molar-refractivity contribution is 6.67. The minimum Gasteiger partial charge on any atom is -0.497 e. The number of ether oxygens (including phenoxy) is 1. The van der Waals surface area contributed by atoms with E-state index in [1.165, 1.54) is 7.11 Å². The van der Waals surface area contributed by atoms with E-state index in [-0.39, 0.29) is 10.1 Å². The van der Waals surface area contributed by atoms with E-state index < -0.39 is 37.7 Å². The third kappa shape index (κ3) is 1.82. The normalized spacial score (nSPS) is 37.6. The van der Waals surface area contributed by atoms with Crippen LogP contribution in [0.15, 0.2) is 34.3 Å². The van der Waals surface area contributed by atoms with Crippen molar-refractivity contribution in [1.82, 2.24) is 0 Å². The molecule has 0 N–H and O–H groups in total. The van der Waals surface area contributed by atoms with Gasteiger partial charge in [0.15, 0.2) is 4.33 Å².